The highest BCUT2D eigenvalue weighted by Gasteiger charge is 2.06. The minimum Gasteiger partial charge on any atom is -0.339 e. The smallest absolute Gasteiger partial charge is 0.280 e. The SMILES string of the molecule is CCCCn1c(=S)[nH]c2nc[nH]c2c1=O. The standard InChI is InChI=1S/C9H12N4OS/c1-2-3-4-13-8(14)6-7(11-5-10-6)12-9(13)15/h5H,2-4H2,1H3,(H,10,11)(H,12,15). The van der Waals surface area contributed by atoms with Crippen LogP contribution >= 0.6 is 12.2 Å². The predicted octanol–water partition coefficient (Wildman–Crippen LogP) is 1.58. The van der Waals surface area contributed by atoms with E-state index in [9.17, 15) is 4.79 Å². The molecule has 0 aliphatic carbocycles. The number of hydrogen-bond acceptors (Lipinski definition) is 3. The molecule has 0 bridgehead atoms. The maximum Gasteiger partial charge on any atom is 0.280 e. The second-order valence-electron chi connectivity index (χ2n) is 3.37. The third-order valence-electron chi connectivity index (χ3n) is 2.30. The second kappa shape index (κ2) is 3.98. The number of H-pyrrole nitrogens is 2. The van der Waals surface area contributed by atoms with E-state index in [2.05, 4.69) is 21.9 Å². The van der Waals surface area contributed by atoms with E-state index in [0.29, 0.717) is 22.5 Å². The average Bonchev–Trinajstić information content (AvgIpc) is 2.65. The Hall–Kier alpha value is -1.43. The number of nitrogens with one attached hydrogen (secondary N) is 2. The van der Waals surface area contributed by atoms with Gasteiger partial charge in [-0.1, -0.05) is 13.3 Å². The zero-order chi connectivity index (χ0) is 10.8. The van der Waals surface area contributed by atoms with Crippen LogP contribution < -0.4 is 5.56 Å². The highest BCUT2D eigenvalue weighted by molar-refractivity contribution is 7.71. The molecule has 0 aliphatic heterocycles. The van der Waals surface area contributed by atoms with Crippen molar-refractivity contribution in [3.05, 3.63) is 21.5 Å². The minimum absolute atomic E-state index is 0.0975. The van der Waals surface area contributed by atoms with Crippen molar-refractivity contribution in [3.8, 4) is 0 Å². The first kappa shape index (κ1) is 10.1. The third kappa shape index (κ3) is 1.72. The van der Waals surface area contributed by atoms with E-state index in [0.717, 1.165) is 12.8 Å². The summed E-state index contributed by atoms with van der Waals surface area (Å²) in [6.45, 7) is 2.73. The Labute approximate surface area is 91.2 Å². The van der Waals surface area contributed by atoms with Crippen molar-refractivity contribution in [3.63, 3.8) is 0 Å². The first-order chi connectivity index (χ1) is 7.24. The molecule has 0 amide bonds. The molecule has 15 heavy (non-hydrogen) atoms. The number of unbranched alkanes of at least 4 members (excludes halogenated alkanes) is 1. The van der Waals surface area contributed by atoms with Gasteiger partial charge in [0, 0.05) is 6.54 Å². The fourth-order valence-electron chi connectivity index (χ4n) is 1.47. The van der Waals surface area contributed by atoms with E-state index in [1.165, 1.54) is 6.33 Å². The topological polar surface area (TPSA) is 66.5 Å². The first-order valence-electron chi connectivity index (χ1n) is 4.90. The van der Waals surface area contributed by atoms with Crippen molar-refractivity contribution < 1.29 is 0 Å². The van der Waals surface area contributed by atoms with Crippen LogP contribution in [0.4, 0.5) is 0 Å². The van der Waals surface area contributed by atoms with Crippen molar-refractivity contribution in [2.45, 2.75) is 26.3 Å². The highest BCUT2D eigenvalue weighted by atomic mass is 32.1. The maximum absolute atomic E-state index is 11.9. The van der Waals surface area contributed by atoms with Crippen LogP contribution in [-0.4, -0.2) is 19.5 Å². The van der Waals surface area contributed by atoms with Gasteiger partial charge in [-0.25, -0.2) is 4.98 Å². The van der Waals surface area contributed by atoms with E-state index in [-0.39, 0.29) is 5.56 Å². The highest BCUT2D eigenvalue weighted by Crippen LogP contribution is 2.01. The Bertz CT molecular complexity index is 580. The van der Waals surface area contributed by atoms with Gasteiger partial charge in [-0.05, 0) is 18.6 Å². The zero-order valence-corrected chi connectivity index (χ0v) is 9.23. The Balaban J connectivity index is 2.62. The van der Waals surface area contributed by atoms with Crippen molar-refractivity contribution in [1.29, 1.82) is 0 Å². The van der Waals surface area contributed by atoms with E-state index < -0.39 is 0 Å². The minimum atomic E-state index is -0.0975. The number of rotatable bonds is 3. The lowest BCUT2D eigenvalue weighted by molar-refractivity contribution is 0.600. The van der Waals surface area contributed by atoms with Crippen molar-refractivity contribution >= 4 is 23.4 Å². The summed E-state index contributed by atoms with van der Waals surface area (Å²) >= 11 is 5.10. The Morgan fingerprint density at radius 2 is 2.40 bits per heavy atom. The Kier molecular flexibility index (Phi) is 2.68. The summed E-state index contributed by atoms with van der Waals surface area (Å²) in [5.41, 5.74) is 0.914. The fraction of sp³-hybridized carbons (Fsp3) is 0.444. The molecular formula is C9H12N4OS. The van der Waals surface area contributed by atoms with Crippen LogP contribution in [0.15, 0.2) is 11.1 Å². The van der Waals surface area contributed by atoms with Crippen molar-refractivity contribution in [2.24, 2.45) is 0 Å². The van der Waals surface area contributed by atoms with Crippen LogP contribution in [0.5, 0.6) is 0 Å². The first-order valence-corrected chi connectivity index (χ1v) is 5.31. The predicted molar refractivity (Wildman–Crippen MR) is 60.4 cm³/mol. The van der Waals surface area contributed by atoms with Crippen LogP contribution in [-0.2, 0) is 6.54 Å². The lowest BCUT2D eigenvalue weighted by atomic mass is 10.3. The average molecular weight is 224 g/mol. The molecule has 80 valence electrons. The lowest BCUT2D eigenvalue weighted by Gasteiger charge is -2.03. The quantitative estimate of drug-likeness (QED) is 0.778. The molecule has 0 radical (unpaired) electrons. The van der Waals surface area contributed by atoms with Gasteiger partial charge in [0.05, 0.1) is 6.33 Å². The van der Waals surface area contributed by atoms with Gasteiger partial charge in [0.15, 0.2) is 10.4 Å². The number of imidazole rings is 1. The summed E-state index contributed by atoms with van der Waals surface area (Å²) in [5.74, 6) is 0. The van der Waals surface area contributed by atoms with Gasteiger partial charge in [0.1, 0.15) is 5.52 Å². The van der Waals surface area contributed by atoms with Gasteiger partial charge in [-0.15, -0.1) is 0 Å². The molecule has 6 heteroatoms. The summed E-state index contributed by atoms with van der Waals surface area (Å²) in [6, 6.07) is 0. The summed E-state index contributed by atoms with van der Waals surface area (Å²) in [4.78, 5) is 21.6. The van der Waals surface area contributed by atoms with Crippen LogP contribution in [0.25, 0.3) is 11.2 Å². The lowest BCUT2D eigenvalue weighted by Crippen LogP contribution is -2.22. The molecule has 2 N–H and O–H groups in total. The molecule has 2 aromatic heterocycles. The van der Waals surface area contributed by atoms with Crippen molar-refractivity contribution in [1.82, 2.24) is 19.5 Å². The maximum atomic E-state index is 11.9. The van der Waals surface area contributed by atoms with Crippen molar-refractivity contribution in [2.75, 3.05) is 0 Å². The second-order valence-corrected chi connectivity index (χ2v) is 3.75. The number of hydrogen-bond donors (Lipinski definition) is 2. The number of nitrogens with zero attached hydrogens (tertiary/aromatic N) is 2. The Morgan fingerprint density at radius 3 is 3.13 bits per heavy atom. The summed E-state index contributed by atoms with van der Waals surface area (Å²) in [6.07, 6.45) is 3.46. The summed E-state index contributed by atoms with van der Waals surface area (Å²) in [5, 5.41) is 0. The van der Waals surface area contributed by atoms with E-state index in [4.69, 9.17) is 12.2 Å². The molecule has 0 saturated heterocycles. The Morgan fingerprint density at radius 1 is 1.60 bits per heavy atom. The van der Waals surface area contributed by atoms with Crippen LogP contribution in [0.1, 0.15) is 19.8 Å². The molecule has 0 aromatic carbocycles. The molecule has 0 aliphatic rings. The molecule has 2 aromatic rings. The monoisotopic (exact) mass is 224 g/mol. The summed E-state index contributed by atoms with van der Waals surface area (Å²) < 4.78 is 2.01. The zero-order valence-electron chi connectivity index (χ0n) is 8.41. The van der Waals surface area contributed by atoms with Gasteiger partial charge in [0.25, 0.3) is 5.56 Å². The third-order valence-corrected chi connectivity index (χ3v) is 2.63. The number of aromatic nitrogens is 4. The van der Waals surface area contributed by atoms with Crippen LogP contribution in [0.3, 0.4) is 0 Å². The van der Waals surface area contributed by atoms with Gasteiger partial charge >= 0.3 is 0 Å². The molecule has 2 rings (SSSR count). The van der Waals surface area contributed by atoms with Gasteiger partial charge in [-0.2, -0.15) is 0 Å². The van der Waals surface area contributed by atoms with E-state index in [1.807, 2.05) is 0 Å². The summed E-state index contributed by atoms with van der Waals surface area (Å²) in [7, 11) is 0. The molecule has 0 atom stereocenters. The van der Waals surface area contributed by atoms with Crippen LogP contribution in [0.2, 0.25) is 0 Å². The van der Waals surface area contributed by atoms with Crippen LogP contribution in [0, 0.1) is 4.77 Å². The fourth-order valence-corrected chi connectivity index (χ4v) is 1.74. The van der Waals surface area contributed by atoms with Gasteiger partial charge in [-0.3, -0.25) is 9.36 Å². The van der Waals surface area contributed by atoms with E-state index in [1.54, 1.807) is 4.57 Å². The number of fused-ring (bicyclic) bond motifs is 1. The van der Waals surface area contributed by atoms with Gasteiger partial charge in [0.2, 0.25) is 0 Å². The molecule has 5 nitrogen and oxygen atoms in total. The molecule has 0 spiro atoms. The molecule has 0 saturated carbocycles. The molecular weight excluding hydrogens is 212 g/mol. The number of aromatic amines is 2. The largest absolute Gasteiger partial charge is 0.339 e. The van der Waals surface area contributed by atoms with Gasteiger partial charge < -0.3 is 9.97 Å². The van der Waals surface area contributed by atoms with E-state index >= 15 is 0 Å². The molecule has 0 unspecified atom stereocenters. The molecule has 2 heterocycles. The normalized spacial score (nSPS) is 11.0. The molecule has 0 fully saturated rings.